The average Bonchev–Trinajstić information content (AvgIpc) is 3.66. The molecule has 9 nitrogen and oxygen atoms in total. The molecule has 2 aliphatic rings. The number of thiazole rings is 1. The van der Waals surface area contributed by atoms with Crippen LogP contribution in [0.2, 0.25) is 0 Å². The van der Waals surface area contributed by atoms with E-state index in [1.165, 1.54) is 22.3 Å². The van der Waals surface area contributed by atoms with Crippen LogP contribution in [0.15, 0.2) is 36.7 Å². The van der Waals surface area contributed by atoms with Gasteiger partial charge in [-0.1, -0.05) is 17.4 Å². The van der Waals surface area contributed by atoms with Gasteiger partial charge in [0.05, 0.1) is 28.1 Å². The van der Waals surface area contributed by atoms with Crippen LogP contribution >= 0.6 is 11.3 Å². The summed E-state index contributed by atoms with van der Waals surface area (Å²) >= 11 is 1.39. The minimum atomic E-state index is -0.992. The van der Waals surface area contributed by atoms with Gasteiger partial charge in [-0.3, -0.25) is 9.20 Å². The number of nitrogens with one attached hydrogen (secondary N) is 1. The van der Waals surface area contributed by atoms with Crippen molar-refractivity contribution in [2.75, 3.05) is 32.7 Å². The number of aromatic nitrogens is 3. The van der Waals surface area contributed by atoms with Gasteiger partial charge >= 0.3 is 6.09 Å². The van der Waals surface area contributed by atoms with Crippen LogP contribution < -0.4 is 5.32 Å². The number of halogens is 2. The molecule has 0 spiro atoms. The topological polar surface area (TPSA) is 103 Å². The average molecular weight is 569 g/mol. The molecule has 5 heterocycles. The number of carbonyl (C=O) groups is 2. The predicted molar refractivity (Wildman–Crippen MR) is 148 cm³/mol. The van der Waals surface area contributed by atoms with Gasteiger partial charge in [0.1, 0.15) is 17.7 Å². The molecule has 0 aliphatic carbocycles. The molecule has 1 aromatic carbocycles. The maximum Gasteiger partial charge on any atom is 0.407 e. The molecule has 6 rings (SSSR count). The van der Waals surface area contributed by atoms with E-state index in [2.05, 4.69) is 20.2 Å². The lowest BCUT2D eigenvalue weighted by molar-refractivity contribution is 0.0945. The summed E-state index contributed by atoms with van der Waals surface area (Å²) in [4.78, 5) is 37.4. The van der Waals surface area contributed by atoms with Crippen molar-refractivity contribution in [1.82, 2.24) is 29.5 Å². The van der Waals surface area contributed by atoms with Gasteiger partial charge in [-0.05, 0) is 62.4 Å². The van der Waals surface area contributed by atoms with Crippen LogP contribution in [-0.4, -0.2) is 80.2 Å². The second-order valence-electron chi connectivity index (χ2n) is 10.4. The highest BCUT2D eigenvalue weighted by molar-refractivity contribution is 7.23. The van der Waals surface area contributed by atoms with Gasteiger partial charge in [-0.25, -0.2) is 23.5 Å². The molecule has 3 aromatic heterocycles. The molecule has 4 aromatic rings. The van der Waals surface area contributed by atoms with E-state index in [-0.39, 0.29) is 11.9 Å². The van der Waals surface area contributed by atoms with E-state index in [1.54, 1.807) is 30.6 Å². The molecule has 0 unspecified atom stereocenters. The van der Waals surface area contributed by atoms with Gasteiger partial charge in [0.2, 0.25) is 0 Å². The van der Waals surface area contributed by atoms with Crippen molar-refractivity contribution in [3.05, 3.63) is 53.7 Å². The van der Waals surface area contributed by atoms with Crippen molar-refractivity contribution in [2.45, 2.75) is 44.3 Å². The molecule has 2 N–H and O–H groups in total. The molecular formula is C28H30F2N6O3S. The third-order valence-corrected chi connectivity index (χ3v) is 8.84. The number of pyridine rings is 1. The Morgan fingerprint density at radius 1 is 1.15 bits per heavy atom. The van der Waals surface area contributed by atoms with Crippen molar-refractivity contribution >= 4 is 38.5 Å². The fraction of sp³-hybridized carbons (Fsp3) is 0.429. The minimum Gasteiger partial charge on any atom is -0.465 e. The smallest absolute Gasteiger partial charge is 0.407 e. The predicted octanol–water partition coefficient (Wildman–Crippen LogP) is 5.12. The number of rotatable bonds is 7. The van der Waals surface area contributed by atoms with Crippen LogP contribution in [0.25, 0.3) is 26.4 Å². The number of carboxylic acid groups (broad SMARTS) is 1. The van der Waals surface area contributed by atoms with E-state index < -0.39 is 18.1 Å². The molecule has 1 atom stereocenters. The molecule has 2 fully saturated rings. The molecule has 40 heavy (non-hydrogen) atoms. The Hall–Kier alpha value is -3.64. The molecule has 12 heteroatoms. The molecule has 0 saturated carbocycles. The van der Waals surface area contributed by atoms with Gasteiger partial charge in [-0.2, -0.15) is 0 Å². The van der Waals surface area contributed by atoms with Gasteiger partial charge in [0.25, 0.3) is 5.91 Å². The number of likely N-dealkylation sites (tertiary alicyclic amines) is 2. The van der Waals surface area contributed by atoms with Crippen molar-refractivity contribution in [1.29, 1.82) is 0 Å². The summed E-state index contributed by atoms with van der Waals surface area (Å²) < 4.78 is 31.1. The molecule has 2 amide bonds. The second-order valence-corrected chi connectivity index (χ2v) is 11.4. The van der Waals surface area contributed by atoms with Crippen LogP contribution in [0, 0.1) is 5.82 Å². The summed E-state index contributed by atoms with van der Waals surface area (Å²) in [6, 6.07) is 6.23. The minimum absolute atomic E-state index is 0.248. The first-order valence-corrected chi connectivity index (χ1v) is 14.4. The zero-order valence-corrected chi connectivity index (χ0v) is 22.7. The quantitative estimate of drug-likeness (QED) is 0.300. The Labute approximate surface area is 233 Å². The third-order valence-electron chi connectivity index (χ3n) is 7.82. The highest BCUT2D eigenvalue weighted by Gasteiger charge is 2.30. The Balaban J connectivity index is 1.13. The van der Waals surface area contributed by atoms with Crippen molar-refractivity contribution in [3.8, 4) is 11.3 Å². The molecule has 2 aliphatic heterocycles. The number of hydrogen-bond donors (Lipinski definition) is 2. The van der Waals surface area contributed by atoms with Crippen molar-refractivity contribution in [2.24, 2.45) is 0 Å². The number of carbonyl (C=O) groups excluding carboxylic acids is 1. The summed E-state index contributed by atoms with van der Waals surface area (Å²) in [5, 5.41) is 12.3. The van der Waals surface area contributed by atoms with E-state index in [9.17, 15) is 19.1 Å². The zero-order chi connectivity index (χ0) is 27.8. The first-order valence-electron chi connectivity index (χ1n) is 13.6. The van der Waals surface area contributed by atoms with Crippen LogP contribution in [0.1, 0.15) is 54.2 Å². The lowest BCUT2D eigenvalue weighted by atomic mass is 10.0. The van der Waals surface area contributed by atoms with Crippen LogP contribution in [0.5, 0.6) is 0 Å². The number of hydrogen-bond acceptors (Lipinski definition) is 6. The van der Waals surface area contributed by atoms with Gasteiger partial charge in [0, 0.05) is 37.9 Å². The number of nitrogens with zero attached hydrogens (tertiary/aromatic N) is 5. The van der Waals surface area contributed by atoms with Gasteiger partial charge < -0.3 is 20.2 Å². The van der Waals surface area contributed by atoms with Gasteiger partial charge in [0.15, 0.2) is 4.96 Å². The normalized spacial score (nSPS) is 18.6. The standard InChI is InChI=1S/C28H30F2N6O3S/c29-18-6-11-34(12-7-18)9-2-8-31-26(37)21-14-25-24(15-32-21)36-16-22(33-27(36)40-25)19-5-4-17(13-20(19)30)23-3-1-10-35(23)28(38)39/h4-5,13-16,18,23H,1-3,6-12H2,(H,31,37)(H,38,39)/t23-/m0/s1. The molecular weight excluding hydrogens is 538 g/mol. The highest BCUT2D eigenvalue weighted by Crippen LogP contribution is 2.35. The molecule has 0 radical (unpaired) electrons. The summed E-state index contributed by atoms with van der Waals surface area (Å²) in [6.45, 7) is 3.32. The summed E-state index contributed by atoms with van der Waals surface area (Å²) in [5.74, 6) is -0.698. The van der Waals surface area contributed by atoms with E-state index in [0.29, 0.717) is 59.8 Å². The van der Waals surface area contributed by atoms with Crippen molar-refractivity contribution in [3.63, 3.8) is 0 Å². The molecule has 0 bridgehead atoms. The Kier molecular flexibility index (Phi) is 7.37. The Morgan fingerprint density at radius 3 is 2.75 bits per heavy atom. The number of imidazole rings is 1. The fourth-order valence-corrected chi connectivity index (χ4v) is 6.68. The van der Waals surface area contributed by atoms with Crippen LogP contribution in [0.3, 0.4) is 0 Å². The van der Waals surface area contributed by atoms with Crippen LogP contribution in [0.4, 0.5) is 13.6 Å². The number of benzene rings is 1. The Morgan fingerprint density at radius 2 is 1.98 bits per heavy atom. The summed E-state index contributed by atoms with van der Waals surface area (Å²) in [7, 11) is 0. The highest BCUT2D eigenvalue weighted by atomic mass is 32.1. The molecule has 210 valence electrons. The fourth-order valence-electron chi connectivity index (χ4n) is 5.66. The number of amides is 2. The van der Waals surface area contributed by atoms with E-state index in [1.807, 2.05) is 4.40 Å². The SMILES string of the molecule is O=C(NCCCN1CCC(F)CC1)c1cc2sc3nc(-c4ccc([C@@H]5CCCN5C(=O)O)cc4F)cn3c2cn1. The lowest BCUT2D eigenvalue weighted by Gasteiger charge is -2.28. The van der Waals surface area contributed by atoms with E-state index in [4.69, 9.17) is 0 Å². The van der Waals surface area contributed by atoms with Crippen molar-refractivity contribution < 1.29 is 23.5 Å². The largest absolute Gasteiger partial charge is 0.465 e. The first kappa shape index (κ1) is 26.6. The monoisotopic (exact) mass is 568 g/mol. The second kappa shape index (κ2) is 11.1. The first-order chi connectivity index (χ1) is 19.4. The third kappa shape index (κ3) is 5.25. The van der Waals surface area contributed by atoms with Gasteiger partial charge in [-0.15, -0.1) is 0 Å². The molecule has 2 saturated heterocycles. The van der Waals surface area contributed by atoms with E-state index in [0.717, 1.165) is 42.7 Å². The number of alkyl halides is 1. The number of fused-ring (bicyclic) bond motifs is 3. The zero-order valence-electron chi connectivity index (χ0n) is 21.9. The lowest BCUT2D eigenvalue weighted by Crippen LogP contribution is -2.36. The van der Waals surface area contributed by atoms with E-state index >= 15 is 4.39 Å². The maximum atomic E-state index is 15.2. The summed E-state index contributed by atoms with van der Waals surface area (Å²) in [6.07, 6.45) is 5.07. The number of piperidine rings is 1. The maximum absolute atomic E-state index is 15.2. The van der Waals surface area contributed by atoms with Crippen LogP contribution in [-0.2, 0) is 0 Å². The summed E-state index contributed by atoms with van der Waals surface area (Å²) in [5.41, 5.74) is 2.54. The Bertz CT molecular complexity index is 1560.